The van der Waals surface area contributed by atoms with Gasteiger partial charge in [0.05, 0.1) is 5.38 Å². The third-order valence-electron chi connectivity index (χ3n) is 6.24. The van der Waals surface area contributed by atoms with Gasteiger partial charge in [-0.3, -0.25) is 4.90 Å². The van der Waals surface area contributed by atoms with Gasteiger partial charge in [0.2, 0.25) is 0 Å². The number of nitrogens with zero attached hydrogens (tertiary/aromatic N) is 2. The smallest absolute Gasteiger partial charge is 0.0591 e. The summed E-state index contributed by atoms with van der Waals surface area (Å²) in [6.45, 7) is 4.86. The van der Waals surface area contributed by atoms with Crippen molar-refractivity contribution in [2.45, 2.75) is 37.1 Å². The van der Waals surface area contributed by atoms with E-state index in [1.807, 2.05) is 0 Å². The number of benzene rings is 2. The summed E-state index contributed by atoms with van der Waals surface area (Å²) in [4.78, 5) is 5.09. The SMILES string of the molecule is CN1CCN([C@H]2CCc3cc(Br)ccc32)CC1.ClC1CCc2cc(Br)ccc21. The number of alkyl halides is 1. The first-order valence-corrected chi connectivity index (χ1v) is 12.2. The molecule has 1 unspecified atom stereocenters. The Kier molecular flexibility index (Phi) is 6.84. The van der Waals surface area contributed by atoms with Crippen molar-refractivity contribution in [1.29, 1.82) is 0 Å². The molecule has 2 nitrogen and oxygen atoms in total. The molecular formula is C23H27Br2ClN2. The van der Waals surface area contributed by atoms with Crippen molar-refractivity contribution in [2.24, 2.45) is 0 Å². The van der Waals surface area contributed by atoms with Gasteiger partial charge < -0.3 is 4.90 Å². The second-order valence-electron chi connectivity index (χ2n) is 8.09. The number of aryl methyl sites for hydroxylation is 2. The van der Waals surface area contributed by atoms with E-state index in [1.165, 1.54) is 54.6 Å². The molecule has 0 aromatic heterocycles. The van der Waals surface area contributed by atoms with E-state index in [2.05, 4.69) is 85.1 Å². The maximum atomic E-state index is 6.08. The highest BCUT2D eigenvalue weighted by molar-refractivity contribution is 9.10. The lowest BCUT2D eigenvalue weighted by Gasteiger charge is -2.36. The van der Waals surface area contributed by atoms with E-state index in [0.717, 1.165) is 17.3 Å². The zero-order chi connectivity index (χ0) is 19.7. The number of halogens is 3. The molecule has 0 amide bonds. The van der Waals surface area contributed by atoms with Gasteiger partial charge in [-0.15, -0.1) is 11.6 Å². The van der Waals surface area contributed by atoms with E-state index in [4.69, 9.17) is 11.6 Å². The second kappa shape index (κ2) is 9.18. The lowest BCUT2D eigenvalue weighted by Crippen LogP contribution is -2.45. The maximum Gasteiger partial charge on any atom is 0.0591 e. The minimum atomic E-state index is 0.248. The molecular weight excluding hydrogens is 500 g/mol. The van der Waals surface area contributed by atoms with Gasteiger partial charge in [0.15, 0.2) is 0 Å². The first kappa shape index (κ1) is 20.9. The molecule has 0 spiro atoms. The highest BCUT2D eigenvalue weighted by Crippen LogP contribution is 2.38. The topological polar surface area (TPSA) is 6.48 Å². The molecule has 1 aliphatic heterocycles. The van der Waals surface area contributed by atoms with Gasteiger partial charge >= 0.3 is 0 Å². The molecule has 0 saturated carbocycles. The van der Waals surface area contributed by atoms with Crippen LogP contribution in [0.5, 0.6) is 0 Å². The first-order valence-electron chi connectivity index (χ1n) is 10.1. The van der Waals surface area contributed by atoms with Crippen LogP contribution in [0.3, 0.4) is 0 Å². The molecule has 1 heterocycles. The standard InChI is InChI=1S/C14H19BrN2.C9H8BrCl/c1-16-6-8-17(9-7-16)14-5-2-11-10-12(15)3-4-13(11)14;10-7-2-3-8-6(5-7)1-4-9(8)11/h3-4,10,14H,2,5-9H2,1H3;2-3,5,9H,1,4H2/t14-;/m0./s1. The molecule has 3 aliphatic rings. The van der Waals surface area contributed by atoms with Gasteiger partial charge in [-0.2, -0.15) is 0 Å². The van der Waals surface area contributed by atoms with Gasteiger partial charge in [0.1, 0.15) is 0 Å². The predicted molar refractivity (Wildman–Crippen MR) is 125 cm³/mol. The van der Waals surface area contributed by atoms with Crippen LogP contribution in [-0.2, 0) is 12.8 Å². The van der Waals surface area contributed by atoms with Crippen LogP contribution in [0.15, 0.2) is 45.3 Å². The molecule has 1 saturated heterocycles. The highest BCUT2D eigenvalue weighted by atomic mass is 79.9. The number of rotatable bonds is 1. The highest BCUT2D eigenvalue weighted by Gasteiger charge is 2.29. The molecule has 2 aromatic rings. The average molecular weight is 527 g/mol. The van der Waals surface area contributed by atoms with E-state index in [-0.39, 0.29) is 5.38 Å². The van der Waals surface area contributed by atoms with Gasteiger partial charge in [0.25, 0.3) is 0 Å². The van der Waals surface area contributed by atoms with Crippen molar-refractivity contribution < 1.29 is 0 Å². The Morgan fingerprint density at radius 1 is 0.821 bits per heavy atom. The van der Waals surface area contributed by atoms with Crippen LogP contribution in [0.4, 0.5) is 0 Å². The summed E-state index contributed by atoms with van der Waals surface area (Å²) < 4.78 is 2.37. The molecule has 0 radical (unpaired) electrons. The summed E-state index contributed by atoms with van der Waals surface area (Å²) in [5.41, 5.74) is 5.83. The molecule has 5 heteroatoms. The van der Waals surface area contributed by atoms with Crippen LogP contribution in [0.1, 0.15) is 46.5 Å². The normalized spacial score (nSPS) is 24.4. The Hall–Kier alpha value is -0.390. The molecule has 150 valence electrons. The van der Waals surface area contributed by atoms with Crippen molar-refractivity contribution in [3.05, 3.63) is 67.6 Å². The molecule has 5 rings (SSSR count). The molecule has 1 fully saturated rings. The average Bonchev–Trinajstić information content (AvgIpc) is 3.26. The maximum absolute atomic E-state index is 6.08. The molecule has 2 aromatic carbocycles. The Morgan fingerprint density at radius 2 is 1.39 bits per heavy atom. The Bertz CT molecular complexity index is 833. The van der Waals surface area contributed by atoms with Crippen LogP contribution < -0.4 is 0 Å². The summed E-state index contributed by atoms with van der Waals surface area (Å²) in [6.07, 6.45) is 4.76. The summed E-state index contributed by atoms with van der Waals surface area (Å²) in [5.74, 6) is 0. The van der Waals surface area contributed by atoms with E-state index in [0.29, 0.717) is 6.04 Å². The van der Waals surface area contributed by atoms with E-state index >= 15 is 0 Å². The zero-order valence-corrected chi connectivity index (χ0v) is 20.2. The van der Waals surface area contributed by atoms with Crippen molar-refractivity contribution in [1.82, 2.24) is 9.80 Å². The molecule has 0 N–H and O–H groups in total. The van der Waals surface area contributed by atoms with Crippen LogP contribution in [0, 0.1) is 0 Å². The van der Waals surface area contributed by atoms with Gasteiger partial charge in [-0.05, 0) is 79.3 Å². The zero-order valence-electron chi connectivity index (χ0n) is 16.3. The lowest BCUT2D eigenvalue weighted by molar-refractivity contribution is 0.111. The summed E-state index contributed by atoms with van der Waals surface area (Å²) in [6, 6.07) is 13.8. The monoisotopic (exact) mass is 524 g/mol. The third-order valence-corrected chi connectivity index (χ3v) is 7.68. The van der Waals surface area contributed by atoms with Crippen LogP contribution in [-0.4, -0.2) is 43.0 Å². The summed E-state index contributed by atoms with van der Waals surface area (Å²) >= 11 is 13.1. The minimum Gasteiger partial charge on any atom is -0.304 e. The van der Waals surface area contributed by atoms with Gasteiger partial charge in [-0.25, -0.2) is 0 Å². The van der Waals surface area contributed by atoms with E-state index in [9.17, 15) is 0 Å². The molecule has 2 atom stereocenters. The lowest BCUT2D eigenvalue weighted by atomic mass is 10.1. The van der Waals surface area contributed by atoms with Gasteiger partial charge in [-0.1, -0.05) is 44.0 Å². The number of hydrogen-bond acceptors (Lipinski definition) is 2. The van der Waals surface area contributed by atoms with Crippen molar-refractivity contribution >= 4 is 43.5 Å². The fourth-order valence-corrected chi connectivity index (χ4v) is 5.75. The van der Waals surface area contributed by atoms with Gasteiger partial charge in [0, 0.05) is 41.2 Å². The fourth-order valence-electron chi connectivity index (χ4n) is 4.61. The Labute approximate surface area is 190 Å². The molecule has 2 aliphatic carbocycles. The largest absolute Gasteiger partial charge is 0.304 e. The second-order valence-corrected chi connectivity index (χ2v) is 10.4. The predicted octanol–water partition coefficient (Wildman–Crippen LogP) is 6.36. The summed E-state index contributed by atoms with van der Waals surface area (Å²) in [7, 11) is 2.22. The van der Waals surface area contributed by atoms with E-state index < -0.39 is 0 Å². The van der Waals surface area contributed by atoms with Crippen LogP contribution in [0.25, 0.3) is 0 Å². The number of hydrogen-bond donors (Lipinski definition) is 0. The number of fused-ring (bicyclic) bond motifs is 2. The van der Waals surface area contributed by atoms with E-state index in [1.54, 1.807) is 11.1 Å². The first-order chi connectivity index (χ1) is 13.5. The summed E-state index contributed by atoms with van der Waals surface area (Å²) in [5, 5.41) is 0.248. The Morgan fingerprint density at radius 3 is 2.07 bits per heavy atom. The van der Waals surface area contributed by atoms with Crippen LogP contribution >= 0.6 is 43.5 Å². The molecule has 28 heavy (non-hydrogen) atoms. The number of likely N-dealkylation sites (N-methyl/N-ethyl adjacent to an activating group) is 1. The fraction of sp³-hybridized carbons (Fsp3) is 0.478. The molecule has 0 bridgehead atoms. The van der Waals surface area contributed by atoms with Crippen molar-refractivity contribution in [3.8, 4) is 0 Å². The quantitative estimate of drug-likeness (QED) is 0.399. The third kappa shape index (κ3) is 4.67. The van der Waals surface area contributed by atoms with Crippen LogP contribution in [0.2, 0.25) is 0 Å². The Balaban J connectivity index is 0.000000151. The number of piperazine rings is 1. The minimum absolute atomic E-state index is 0.248. The van der Waals surface area contributed by atoms with Crippen molar-refractivity contribution in [2.75, 3.05) is 33.2 Å². The van der Waals surface area contributed by atoms with Crippen molar-refractivity contribution in [3.63, 3.8) is 0 Å².